The van der Waals surface area contributed by atoms with Crippen molar-refractivity contribution in [2.75, 3.05) is 0 Å². The van der Waals surface area contributed by atoms with Gasteiger partial charge >= 0.3 is 6.09 Å². The molecule has 0 saturated carbocycles. The Hall–Kier alpha value is -3.77. The van der Waals surface area contributed by atoms with Crippen molar-refractivity contribution in [3.8, 4) is 0 Å². The Kier molecular flexibility index (Phi) is 10.9. The van der Waals surface area contributed by atoms with E-state index in [2.05, 4.69) is 15.6 Å². The zero-order valence-electron chi connectivity index (χ0n) is 26.3. The molecule has 0 spiro atoms. The van der Waals surface area contributed by atoms with Crippen molar-refractivity contribution in [3.05, 3.63) is 69.9 Å². The molecule has 6 N–H and O–H groups in total. The van der Waals surface area contributed by atoms with Gasteiger partial charge in [0.25, 0.3) is 0 Å². The highest BCUT2D eigenvalue weighted by atomic mass is 35.5. The smallest absolute Gasteiger partial charge is 0.408 e. The maximum absolute atomic E-state index is 14.5. The van der Waals surface area contributed by atoms with Crippen LogP contribution >= 0.6 is 23.8 Å². The standard InChI is InChI=1S/C33H40ClF2N5O4S/c1-5-17(3)26(29(37)46)39-31(43)33(12-11-25-23(15-33)22-13-21(36)14-24(34)27(22)38-25)40-30(42)28(18(4)6-2)41(32(44)45)16-19-7-9-20(35)10-8-19/h7-10,13-14,17-18,26,28,38H,5-6,11-12,15-16H2,1-4H3,(H2,37,46)(H,39,43)(H,40,42)(H,44,45)/t17-,18-,26?,28?,33+/m0/s1. The molecule has 2 unspecified atom stereocenters. The van der Waals surface area contributed by atoms with Crippen molar-refractivity contribution in [1.29, 1.82) is 0 Å². The van der Waals surface area contributed by atoms with Crippen LogP contribution in [0.4, 0.5) is 13.6 Å². The Labute approximate surface area is 277 Å². The molecule has 248 valence electrons. The summed E-state index contributed by atoms with van der Waals surface area (Å²) in [5, 5.41) is 16.9. The Morgan fingerprint density at radius 2 is 1.76 bits per heavy atom. The molecule has 0 bridgehead atoms. The highest BCUT2D eigenvalue weighted by molar-refractivity contribution is 7.80. The summed E-state index contributed by atoms with van der Waals surface area (Å²) in [6.45, 7) is 7.25. The average molecular weight is 676 g/mol. The molecule has 2 aromatic carbocycles. The molecule has 9 nitrogen and oxygen atoms in total. The number of carboxylic acid groups (broad SMARTS) is 1. The van der Waals surface area contributed by atoms with Gasteiger partial charge in [0.05, 0.1) is 21.6 Å². The summed E-state index contributed by atoms with van der Waals surface area (Å²) in [7, 11) is 0. The lowest BCUT2D eigenvalue weighted by atomic mass is 9.78. The number of nitrogens with zero attached hydrogens (tertiary/aromatic N) is 1. The van der Waals surface area contributed by atoms with Crippen molar-refractivity contribution in [3.63, 3.8) is 0 Å². The van der Waals surface area contributed by atoms with Crippen LogP contribution in [0.15, 0.2) is 36.4 Å². The Morgan fingerprint density at radius 1 is 1.11 bits per heavy atom. The number of carbonyl (C=O) groups excluding carboxylic acids is 2. The fourth-order valence-electron chi connectivity index (χ4n) is 6.15. The molecule has 13 heteroatoms. The Bertz CT molecular complexity index is 1630. The van der Waals surface area contributed by atoms with Crippen LogP contribution in [0, 0.1) is 23.5 Å². The number of thiocarbonyl (C=S) groups is 1. The van der Waals surface area contributed by atoms with Crippen LogP contribution in [0.1, 0.15) is 63.8 Å². The highest BCUT2D eigenvalue weighted by Crippen LogP contribution is 2.37. The average Bonchev–Trinajstić information content (AvgIpc) is 3.37. The van der Waals surface area contributed by atoms with Gasteiger partial charge in [-0.3, -0.25) is 14.5 Å². The predicted molar refractivity (Wildman–Crippen MR) is 178 cm³/mol. The quantitative estimate of drug-likeness (QED) is 0.153. The number of hydrogen-bond donors (Lipinski definition) is 5. The molecular formula is C33H40ClF2N5O4S. The summed E-state index contributed by atoms with van der Waals surface area (Å²) in [6.07, 6.45) is 0.200. The van der Waals surface area contributed by atoms with Crippen molar-refractivity contribution in [2.24, 2.45) is 17.6 Å². The van der Waals surface area contributed by atoms with Gasteiger partial charge in [-0.1, -0.05) is 76.5 Å². The van der Waals surface area contributed by atoms with E-state index in [9.17, 15) is 28.3 Å². The normalized spacial score (nSPS) is 18.6. The summed E-state index contributed by atoms with van der Waals surface area (Å²) < 4.78 is 28.1. The molecule has 5 atom stereocenters. The van der Waals surface area contributed by atoms with Gasteiger partial charge in [0, 0.05) is 24.0 Å². The third kappa shape index (κ3) is 7.28. The number of H-pyrrole nitrogens is 1. The number of aryl methyl sites for hydroxylation is 1. The molecule has 1 heterocycles. The maximum Gasteiger partial charge on any atom is 0.408 e. The van der Waals surface area contributed by atoms with E-state index in [1.165, 1.54) is 36.4 Å². The first-order valence-corrected chi connectivity index (χ1v) is 16.1. The molecule has 0 aliphatic heterocycles. The van der Waals surface area contributed by atoms with Gasteiger partial charge < -0.3 is 26.5 Å². The van der Waals surface area contributed by atoms with Crippen molar-refractivity contribution < 1.29 is 28.3 Å². The van der Waals surface area contributed by atoms with E-state index in [0.29, 0.717) is 41.3 Å². The second-order valence-corrected chi connectivity index (χ2v) is 13.1. The number of aromatic amines is 1. The van der Waals surface area contributed by atoms with E-state index in [0.717, 1.165) is 10.6 Å². The predicted octanol–water partition coefficient (Wildman–Crippen LogP) is 5.86. The van der Waals surface area contributed by atoms with Crippen LogP contribution in [0.25, 0.3) is 10.9 Å². The zero-order valence-corrected chi connectivity index (χ0v) is 27.8. The van der Waals surface area contributed by atoms with Crippen molar-refractivity contribution in [2.45, 2.75) is 84.0 Å². The van der Waals surface area contributed by atoms with E-state index in [4.69, 9.17) is 29.6 Å². The summed E-state index contributed by atoms with van der Waals surface area (Å²) in [4.78, 5) is 45.7. The van der Waals surface area contributed by atoms with Crippen LogP contribution in [0.5, 0.6) is 0 Å². The summed E-state index contributed by atoms with van der Waals surface area (Å²) in [6, 6.07) is 6.02. The van der Waals surface area contributed by atoms with E-state index in [1.54, 1.807) is 6.92 Å². The number of aromatic nitrogens is 1. The molecule has 46 heavy (non-hydrogen) atoms. The summed E-state index contributed by atoms with van der Waals surface area (Å²) >= 11 is 11.6. The number of nitrogens with two attached hydrogens (primary N) is 1. The second kappa shape index (κ2) is 14.3. The Morgan fingerprint density at radius 3 is 2.35 bits per heavy atom. The molecule has 1 aromatic heterocycles. The number of halogens is 3. The summed E-state index contributed by atoms with van der Waals surface area (Å²) in [5.74, 6) is -2.80. The van der Waals surface area contributed by atoms with Crippen LogP contribution in [0.2, 0.25) is 5.02 Å². The van der Waals surface area contributed by atoms with E-state index < -0.39 is 53.1 Å². The highest BCUT2D eigenvalue weighted by Gasteiger charge is 2.47. The van der Waals surface area contributed by atoms with Crippen LogP contribution < -0.4 is 16.4 Å². The van der Waals surface area contributed by atoms with Crippen molar-refractivity contribution >= 4 is 57.6 Å². The first-order valence-electron chi connectivity index (χ1n) is 15.4. The molecule has 0 radical (unpaired) electrons. The fraction of sp³-hybridized carbons (Fsp3) is 0.455. The molecule has 4 rings (SSSR count). The number of nitrogens with one attached hydrogen (secondary N) is 3. The molecular weight excluding hydrogens is 636 g/mol. The second-order valence-electron chi connectivity index (χ2n) is 12.2. The number of fused-ring (bicyclic) bond motifs is 3. The molecule has 3 amide bonds. The largest absolute Gasteiger partial charge is 0.465 e. The fourth-order valence-corrected chi connectivity index (χ4v) is 6.69. The minimum atomic E-state index is -1.57. The Balaban J connectivity index is 1.78. The SMILES string of the molecule is CC[C@H](C)C(NC(=O)[C@@]1(NC(=O)C([C@@H](C)CC)N(Cc2ccc(F)cc2)C(=O)O)CCc2[nH]c3c(Cl)cc(F)cc3c2C1)C(N)=S. The molecule has 1 aliphatic rings. The molecule has 1 aliphatic carbocycles. The van der Waals surface area contributed by atoms with Gasteiger partial charge in [-0.25, -0.2) is 13.6 Å². The first kappa shape index (κ1) is 35.1. The van der Waals surface area contributed by atoms with Gasteiger partial charge in [0.1, 0.15) is 23.2 Å². The van der Waals surface area contributed by atoms with Crippen molar-refractivity contribution in [1.82, 2.24) is 20.5 Å². The van der Waals surface area contributed by atoms with Gasteiger partial charge in [0.15, 0.2) is 0 Å². The van der Waals surface area contributed by atoms with Gasteiger partial charge in [-0.15, -0.1) is 0 Å². The van der Waals surface area contributed by atoms with Crippen LogP contribution in [-0.2, 0) is 29.0 Å². The van der Waals surface area contributed by atoms with Gasteiger partial charge in [-0.2, -0.15) is 0 Å². The number of hydrogen-bond acceptors (Lipinski definition) is 4. The molecule has 3 aromatic rings. The zero-order chi connectivity index (χ0) is 33.9. The van der Waals surface area contributed by atoms with E-state index in [1.807, 2.05) is 20.8 Å². The monoisotopic (exact) mass is 675 g/mol. The lowest BCUT2D eigenvalue weighted by molar-refractivity contribution is -0.137. The minimum absolute atomic E-state index is 0.0253. The molecule has 0 fully saturated rings. The topological polar surface area (TPSA) is 141 Å². The van der Waals surface area contributed by atoms with Crippen LogP contribution in [-0.4, -0.2) is 55.5 Å². The van der Waals surface area contributed by atoms with Crippen LogP contribution in [0.3, 0.4) is 0 Å². The third-order valence-electron chi connectivity index (χ3n) is 9.20. The number of benzene rings is 2. The first-order chi connectivity index (χ1) is 21.7. The minimum Gasteiger partial charge on any atom is -0.465 e. The third-order valence-corrected chi connectivity index (χ3v) is 9.76. The maximum atomic E-state index is 14.5. The molecule has 0 saturated heterocycles. The number of amides is 3. The van der Waals surface area contributed by atoms with E-state index >= 15 is 0 Å². The number of carbonyl (C=O) groups is 3. The van der Waals surface area contributed by atoms with Gasteiger partial charge in [0.2, 0.25) is 11.8 Å². The number of rotatable bonds is 12. The van der Waals surface area contributed by atoms with E-state index in [-0.39, 0.29) is 35.3 Å². The summed E-state index contributed by atoms with van der Waals surface area (Å²) in [5.41, 5.74) is 6.86. The van der Waals surface area contributed by atoms with Gasteiger partial charge in [-0.05, 0) is 60.1 Å². The lowest BCUT2D eigenvalue weighted by Crippen LogP contribution is -2.67. The lowest BCUT2D eigenvalue weighted by Gasteiger charge is -2.41.